The van der Waals surface area contributed by atoms with E-state index in [0.717, 1.165) is 0 Å². The Kier molecular flexibility index (Phi) is 3.52. The summed E-state index contributed by atoms with van der Waals surface area (Å²) in [4.78, 5) is 10.7. The minimum Gasteiger partial charge on any atom is -0.354 e. The molecule has 0 radical (unpaired) electrons. The van der Waals surface area contributed by atoms with Crippen molar-refractivity contribution in [1.29, 1.82) is 5.26 Å². The van der Waals surface area contributed by atoms with E-state index >= 15 is 0 Å². The maximum atomic E-state index is 12.1. The van der Waals surface area contributed by atoms with Gasteiger partial charge in [0.05, 0.1) is 6.07 Å². The Balaban J connectivity index is 2.36. The Morgan fingerprint density at radius 3 is 2.73 bits per heavy atom. The Hall–Kier alpha value is -1.29. The summed E-state index contributed by atoms with van der Waals surface area (Å²) in [5.74, 6) is -2.21. The third-order valence-corrected chi connectivity index (χ3v) is 2.14. The second-order valence-corrected chi connectivity index (χ2v) is 3.34. The van der Waals surface area contributed by atoms with Gasteiger partial charge in [0.1, 0.15) is 0 Å². The summed E-state index contributed by atoms with van der Waals surface area (Å²) in [6, 6.07) is 0.875. The first-order chi connectivity index (χ1) is 6.93. The van der Waals surface area contributed by atoms with Gasteiger partial charge in [0, 0.05) is 25.6 Å². The summed E-state index contributed by atoms with van der Waals surface area (Å²) in [5.41, 5.74) is 0. The fourth-order valence-electron chi connectivity index (χ4n) is 1.27. The van der Waals surface area contributed by atoms with E-state index in [1.54, 1.807) is 0 Å². The van der Waals surface area contributed by atoms with E-state index in [9.17, 15) is 18.0 Å². The van der Waals surface area contributed by atoms with Crippen LogP contribution in [0.3, 0.4) is 0 Å². The van der Waals surface area contributed by atoms with Gasteiger partial charge in [0.2, 0.25) is 5.91 Å². The summed E-state index contributed by atoms with van der Waals surface area (Å²) >= 11 is 0. The van der Waals surface area contributed by atoms with Crippen LogP contribution in [0, 0.1) is 17.2 Å². The van der Waals surface area contributed by atoms with Crippen LogP contribution < -0.4 is 10.6 Å². The number of nitriles is 1. The number of nitrogens with zero attached hydrogens (tertiary/aromatic N) is 1. The number of rotatable bonds is 3. The van der Waals surface area contributed by atoms with Gasteiger partial charge < -0.3 is 10.6 Å². The minimum atomic E-state index is -4.52. The molecule has 1 heterocycles. The van der Waals surface area contributed by atoms with Gasteiger partial charge in [0.25, 0.3) is 0 Å². The number of amides is 1. The molecule has 1 fully saturated rings. The average Bonchev–Trinajstić information content (AvgIpc) is 2.50. The lowest BCUT2D eigenvalue weighted by atomic mass is 10.1. The molecular weight excluding hydrogens is 211 g/mol. The monoisotopic (exact) mass is 221 g/mol. The van der Waals surface area contributed by atoms with E-state index in [2.05, 4.69) is 10.6 Å². The van der Waals surface area contributed by atoms with Gasteiger partial charge in [0.15, 0.2) is 5.92 Å². The Morgan fingerprint density at radius 2 is 2.33 bits per heavy atom. The fourth-order valence-corrected chi connectivity index (χ4v) is 1.27. The highest BCUT2D eigenvalue weighted by Gasteiger charge is 2.40. The Labute approximate surface area is 84.4 Å². The molecule has 1 saturated heterocycles. The summed E-state index contributed by atoms with van der Waals surface area (Å²) < 4.78 is 36.4. The number of halogens is 3. The second kappa shape index (κ2) is 4.49. The highest BCUT2D eigenvalue weighted by atomic mass is 19.4. The lowest BCUT2D eigenvalue weighted by Crippen LogP contribution is -2.39. The van der Waals surface area contributed by atoms with Gasteiger partial charge in [-0.25, -0.2) is 0 Å². The predicted molar refractivity (Wildman–Crippen MR) is 44.6 cm³/mol. The zero-order valence-corrected chi connectivity index (χ0v) is 7.77. The molecule has 7 heteroatoms. The smallest absolute Gasteiger partial charge is 0.354 e. The van der Waals surface area contributed by atoms with Crippen molar-refractivity contribution in [3.8, 4) is 6.07 Å². The van der Waals surface area contributed by atoms with E-state index in [4.69, 9.17) is 5.26 Å². The number of nitrogens with one attached hydrogen (secondary N) is 2. The Bertz CT molecular complexity index is 284. The summed E-state index contributed by atoms with van der Waals surface area (Å²) in [6.07, 6.45) is -4.35. The molecule has 1 rings (SSSR count). The van der Waals surface area contributed by atoms with E-state index in [0.29, 0.717) is 6.54 Å². The molecule has 0 bridgehead atoms. The normalized spacial score (nSPS) is 23.3. The minimum absolute atomic E-state index is 0.163. The number of carbonyl (C=O) groups is 1. The number of carbonyl (C=O) groups excluding carboxylic acids is 1. The van der Waals surface area contributed by atoms with E-state index in [1.165, 1.54) is 6.07 Å². The van der Waals surface area contributed by atoms with Crippen molar-refractivity contribution in [3.05, 3.63) is 0 Å². The van der Waals surface area contributed by atoms with Crippen LogP contribution in [0.1, 0.15) is 6.42 Å². The largest absolute Gasteiger partial charge is 0.405 e. The third kappa shape index (κ3) is 3.40. The highest BCUT2D eigenvalue weighted by Crippen LogP contribution is 2.25. The standard InChI is InChI=1S/C8H10F3N3O/c9-8(10,11)5(2-12)3-13-6-1-7(15)14-4-6/h5-6,13H,1,3-4H2,(H,14,15). The molecule has 1 aliphatic rings. The zero-order chi connectivity index (χ0) is 11.5. The van der Waals surface area contributed by atoms with Crippen LogP contribution >= 0.6 is 0 Å². The first-order valence-electron chi connectivity index (χ1n) is 4.40. The fraction of sp³-hybridized carbons (Fsp3) is 0.750. The van der Waals surface area contributed by atoms with Crippen molar-refractivity contribution in [2.45, 2.75) is 18.6 Å². The van der Waals surface area contributed by atoms with Crippen LogP contribution in [0.5, 0.6) is 0 Å². The molecule has 2 atom stereocenters. The molecule has 0 aliphatic carbocycles. The molecule has 1 aliphatic heterocycles. The SMILES string of the molecule is N#CC(CNC1CNC(=O)C1)C(F)(F)F. The van der Waals surface area contributed by atoms with Crippen molar-refractivity contribution >= 4 is 5.91 Å². The van der Waals surface area contributed by atoms with Crippen molar-refractivity contribution in [1.82, 2.24) is 10.6 Å². The van der Waals surface area contributed by atoms with Crippen molar-refractivity contribution in [3.63, 3.8) is 0 Å². The van der Waals surface area contributed by atoms with Gasteiger partial charge in [-0.1, -0.05) is 0 Å². The molecule has 2 N–H and O–H groups in total. The van der Waals surface area contributed by atoms with Crippen molar-refractivity contribution in [2.24, 2.45) is 5.92 Å². The molecule has 2 unspecified atom stereocenters. The Morgan fingerprint density at radius 1 is 1.67 bits per heavy atom. The molecular formula is C8H10F3N3O. The van der Waals surface area contributed by atoms with E-state index in [-0.39, 0.29) is 18.4 Å². The molecule has 4 nitrogen and oxygen atoms in total. The summed E-state index contributed by atoms with van der Waals surface area (Å²) in [7, 11) is 0. The topological polar surface area (TPSA) is 64.9 Å². The molecule has 0 aromatic carbocycles. The number of alkyl halides is 3. The highest BCUT2D eigenvalue weighted by molar-refractivity contribution is 5.78. The van der Waals surface area contributed by atoms with E-state index in [1.807, 2.05) is 0 Å². The molecule has 1 amide bonds. The van der Waals surface area contributed by atoms with Crippen LogP contribution in [0.4, 0.5) is 13.2 Å². The van der Waals surface area contributed by atoms with Gasteiger partial charge in [-0.3, -0.25) is 4.79 Å². The van der Waals surface area contributed by atoms with Gasteiger partial charge in [-0.2, -0.15) is 18.4 Å². The first-order valence-corrected chi connectivity index (χ1v) is 4.40. The first kappa shape index (κ1) is 11.8. The van der Waals surface area contributed by atoms with Crippen LogP contribution in [-0.4, -0.2) is 31.2 Å². The van der Waals surface area contributed by atoms with Gasteiger partial charge >= 0.3 is 6.18 Å². The van der Waals surface area contributed by atoms with Crippen molar-refractivity contribution < 1.29 is 18.0 Å². The average molecular weight is 221 g/mol. The van der Waals surface area contributed by atoms with Crippen LogP contribution in [-0.2, 0) is 4.79 Å². The van der Waals surface area contributed by atoms with Gasteiger partial charge in [-0.15, -0.1) is 0 Å². The maximum Gasteiger partial charge on any atom is 0.405 e. The van der Waals surface area contributed by atoms with E-state index < -0.39 is 18.6 Å². The molecule has 0 aromatic rings. The van der Waals surface area contributed by atoms with Crippen LogP contribution in [0.2, 0.25) is 0 Å². The summed E-state index contributed by atoms with van der Waals surface area (Å²) in [5, 5.41) is 13.3. The third-order valence-electron chi connectivity index (χ3n) is 2.14. The number of hydrogen-bond acceptors (Lipinski definition) is 3. The molecule has 0 saturated carbocycles. The molecule has 84 valence electrons. The maximum absolute atomic E-state index is 12.1. The van der Waals surface area contributed by atoms with Crippen LogP contribution in [0.25, 0.3) is 0 Å². The zero-order valence-electron chi connectivity index (χ0n) is 7.77. The molecule has 15 heavy (non-hydrogen) atoms. The predicted octanol–water partition coefficient (Wildman–Crippen LogP) is 0.167. The molecule has 0 spiro atoms. The quantitative estimate of drug-likeness (QED) is 0.713. The number of hydrogen-bond donors (Lipinski definition) is 2. The van der Waals surface area contributed by atoms with Crippen molar-refractivity contribution in [2.75, 3.05) is 13.1 Å². The summed E-state index contributed by atoms with van der Waals surface area (Å²) in [6.45, 7) is -0.158. The van der Waals surface area contributed by atoms with Gasteiger partial charge in [-0.05, 0) is 0 Å². The van der Waals surface area contributed by atoms with Crippen LogP contribution in [0.15, 0.2) is 0 Å². The second-order valence-electron chi connectivity index (χ2n) is 3.34. The lowest BCUT2D eigenvalue weighted by molar-refractivity contribution is -0.157. The molecule has 0 aromatic heterocycles. The lowest BCUT2D eigenvalue weighted by Gasteiger charge is -2.16.